The van der Waals surface area contributed by atoms with E-state index in [0.717, 1.165) is 31.4 Å². The van der Waals surface area contributed by atoms with Crippen LogP contribution in [0.5, 0.6) is 0 Å². The van der Waals surface area contributed by atoms with Gasteiger partial charge >= 0.3 is 0 Å². The first-order chi connectivity index (χ1) is 9.65. The molecule has 1 N–H and O–H groups in total. The molecule has 1 atom stereocenters. The Morgan fingerprint density at radius 1 is 1.40 bits per heavy atom. The minimum Gasteiger partial charge on any atom is -0.350 e. The molecule has 1 aromatic rings. The second-order valence-electron chi connectivity index (χ2n) is 5.03. The minimum atomic E-state index is -0.0327. The molecule has 0 aliphatic rings. The van der Waals surface area contributed by atoms with E-state index < -0.39 is 0 Å². The number of nitrogens with one attached hydrogen (secondary N) is 1. The van der Waals surface area contributed by atoms with Crippen molar-refractivity contribution in [3.63, 3.8) is 0 Å². The zero-order valence-corrected chi connectivity index (χ0v) is 13.5. The van der Waals surface area contributed by atoms with Crippen LogP contribution in [0.2, 0.25) is 0 Å². The molecule has 0 fully saturated rings. The van der Waals surface area contributed by atoms with Crippen molar-refractivity contribution >= 4 is 17.5 Å². The normalized spacial score (nSPS) is 12.4. The second kappa shape index (κ2) is 9.01. The van der Waals surface area contributed by atoms with E-state index in [2.05, 4.69) is 17.3 Å². The molecule has 5 heteroatoms. The Labute approximate surface area is 126 Å². The molecule has 0 radical (unpaired) electrons. The number of carbonyl (C=O) groups is 1. The van der Waals surface area contributed by atoms with Gasteiger partial charge < -0.3 is 5.32 Å². The van der Waals surface area contributed by atoms with Crippen LogP contribution < -0.4 is 5.32 Å². The molecule has 1 heterocycles. The van der Waals surface area contributed by atoms with Crippen LogP contribution in [0.1, 0.15) is 56.2 Å². The number of halogens is 1. The monoisotopic (exact) mass is 299 g/mol. The van der Waals surface area contributed by atoms with Crippen LogP contribution in [-0.2, 0) is 13.0 Å². The fourth-order valence-electron chi connectivity index (χ4n) is 2.31. The number of amides is 1. The highest BCUT2D eigenvalue weighted by Gasteiger charge is 2.15. The van der Waals surface area contributed by atoms with Gasteiger partial charge in [-0.1, -0.05) is 20.3 Å². The summed E-state index contributed by atoms with van der Waals surface area (Å²) in [6.07, 6.45) is 4.01. The Kier molecular flexibility index (Phi) is 7.67. The molecule has 0 aliphatic heterocycles. The standard InChI is InChI=1S/C15H26ClN3O/c1-4-7-12(8-9-16)11-17-15(20)14-10-13(5-2)18-19(14)6-3/h10,12H,4-9,11H2,1-3H3,(H,17,20). The molecule has 1 unspecified atom stereocenters. The Morgan fingerprint density at radius 3 is 2.70 bits per heavy atom. The smallest absolute Gasteiger partial charge is 0.269 e. The number of hydrogen-bond acceptors (Lipinski definition) is 2. The van der Waals surface area contributed by atoms with E-state index in [0.29, 0.717) is 30.6 Å². The van der Waals surface area contributed by atoms with E-state index >= 15 is 0 Å². The second-order valence-corrected chi connectivity index (χ2v) is 5.41. The lowest BCUT2D eigenvalue weighted by molar-refractivity contribution is 0.0935. The molecular formula is C15H26ClN3O. The predicted molar refractivity (Wildman–Crippen MR) is 83.3 cm³/mol. The minimum absolute atomic E-state index is 0.0327. The predicted octanol–water partition coefficient (Wildman–Crippen LogP) is 3.24. The van der Waals surface area contributed by atoms with Gasteiger partial charge in [0, 0.05) is 19.0 Å². The highest BCUT2D eigenvalue weighted by molar-refractivity contribution is 6.17. The topological polar surface area (TPSA) is 46.9 Å². The molecule has 1 aromatic heterocycles. The Bertz CT molecular complexity index is 411. The molecule has 20 heavy (non-hydrogen) atoms. The van der Waals surface area contributed by atoms with Gasteiger partial charge in [0.25, 0.3) is 5.91 Å². The van der Waals surface area contributed by atoms with Crippen LogP contribution >= 0.6 is 11.6 Å². The zero-order chi connectivity index (χ0) is 15.0. The Morgan fingerprint density at radius 2 is 2.15 bits per heavy atom. The van der Waals surface area contributed by atoms with Crippen molar-refractivity contribution in [2.45, 2.75) is 53.0 Å². The Hall–Kier alpha value is -1.03. The Balaban J connectivity index is 2.63. The van der Waals surface area contributed by atoms with Crippen LogP contribution in [0.25, 0.3) is 0 Å². The zero-order valence-electron chi connectivity index (χ0n) is 12.8. The van der Waals surface area contributed by atoms with Crippen LogP contribution in [-0.4, -0.2) is 28.1 Å². The fraction of sp³-hybridized carbons (Fsp3) is 0.733. The number of rotatable bonds is 9. The van der Waals surface area contributed by atoms with Gasteiger partial charge in [-0.15, -0.1) is 11.6 Å². The van der Waals surface area contributed by atoms with Gasteiger partial charge in [0.1, 0.15) is 5.69 Å². The summed E-state index contributed by atoms with van der Waals surface area (Å²) in [4.78, 5) is 12.3. The van der Waals surface area contributed by atoms with Gasteiger partial charge in [-0.2, -0.15) is 5.10 Å². The third kappa shape index (κ3) is 4.82. The first kappa shape index (κ1) is 17.0. The van der Waals surface area contributed by atoms with E-state index in [9.17, 15) is 4.79 Å². The van der Waals surface area contributed by atoms with E-state index in [4.69, 9.17) is 11.6 Å². The lowest BCUT2D eigenvalue weighted by Crippen LogP contribution is -2.31. The van der Waals surface area contributed by atoms with Crippen molar-refractivity contribution in [2.75, 3.05) is 12.4 Å². The van der Waals surface area contributed by atoms with Gasteiger partial charge in [-0.3, -0.25) is 9.48 Å². The maximum Gasteiger partial charge on any atom is 0.269 e. The highest BCUT2D eigenvalue weighted by Crippen LogP contribution is 2.12. The number of aromatic nitrogens is 2. The summed E-state index contributed by atoms with van der Waals surface area (Å²) in [5.74, 6) is 1.08. The molecule has 0 saturated carbocycles. The highest BCUT2D eigenvalue weighted by atomic mass is 35.5. The number of hydrogen-bond donors (Lipinski definition) is 1. The fourth-order valence-corrected chi connectivity index (χ4v) is 2.61. The molecule has 0 saturated heterocycles. The maximum absolute atomic E-state index is 12.3. The number of alkyl halides is 1. The first-order valence-corrected chi connectivity index (χ1v) is 8.10. The van der Waals surface area contributed by atoms with Crippen LogP contribution in [0, 0.1) is 5.92 Å². The molecule has 0 spiro atoms. The third-order valence-electron chi connectivity index (χ3n) is 3.49. The summed E-state index contributed by atoms with van der Waals surface area (Å²) in [6, 6.07) is 1.88. The summed E-state index contributed by atoms with van der Waals surface area (Å²) in [5.41, 5.74) is 1.62. The van der Waals surface area contributed by atoms with Crippen LogP contribution in [0.15, 0.2) is 6.07 Å². The van der Waals surface area contributed by atoms with Gasteiger partial charge in [0.05, 0.1) is 5.69 Å². The molecule has 0 aliphatic carbocycles. The van der Waals surface area contributed by atoms with Crippen molar-refractivity contribution in [3.05, 3.63) is 17.5 Å². The molecule has 1 amide bonds. The van der Waals surface area contributed by atoms with Crippen molar-refractivity contribution in [1.29, 1.82) is 0 Å². The first-order valence-electron chi connectivity index (χ1n) is 7.57. The van der Waals surface area contributed by atoms with E-state index in [1.54, 1.807) is 4.68 Å². The molecule has 1 rings (SSSR count). The molecule has 114 valence electrons. The number of aryl methyl sites for hydroxylation is 2. The van der Waals surface area contributed by atoms with E-state index in [1.807, 2.05) is 19.9 Å². The van der Waals surface area contributed by atoms with E-state index in [1.165, 1.54) is 0 Å². The summed E-state index contributed by atoms with van der Waals surface area (Å²) in [6.45, 7) is 7.60. The van der Waals surface area contributed by atoms with Gasteiger partial charge in [-0.05, 0) is 38.2 Å². The van der Waals surface area contributed by atoms with Crippen molar-refractivity contribution in [1.82, 2.24) is 15.1 Å². The third-order valence-corrected chi connectivity index (χ3v) is 3.71. The summed E-state index contributed by atoms with van der Waals surface area (Å²) in [7, 11) is 0. The lowest BCUT2D eigenvalue weighted by atomic mass is 10.0. The van der Waals surface area contributed by atoms with E-state index in [-0.39, 0.29) is 5.91 Å². The van der Waals surface area contributed by atoms with Crippen molar-refractivity contribution in [3.8, 4) is 0 Å². The molecule has 0 bridgehead atoms. The quantitative estimate of drug-likeness (QED) is 0.712. The van der Waals surface area contributed by atoms with Crippen molar-refractivity contribution < 1.29 is 4.79 Å². The maximum atomic E-state index is 12.3. The van der Waals surface area contributed by atoms with Crippen LogP contribution in [0.3, 0.4) is 0 Å². The molecule has 0 aromatic carbocycles. The van der Waals surface area contributed by atoms with Gasteiger partial charge in [0.2, 0.25) is 0 Å². The number of carbonyl (C=O) groups excluding carboxylic acids is 1. The summed E-state index contributed by atoms with van der Waals surface area (Å²) >= 11 is 5.81. The van der Waals surface area contributed by atoms with Gasteiger partial charge in [-0.25, -0.2) is 0 Å². The van der Waals surface area contributed by atoms with Crippen LogP contribution in [0.4, 0.5) is 0 Å². The van der Waals surface area contributed by atoms with Crippen molar-refractivity contribution in [2.24, 2.45) is 5.92 Å². The van der Waals surface area contributed by atoms with Gasteiger partial charge in [0.15, 0.2) is 0 Å². The lowest BCUT2D eigenvalue weighted by Gasteiger charge is -2.15. The average molecular weight is 300 g/mol. The summed E-state index contributed by atoms with van der Waals surface area (Å²) in [5, 5.41) is 7.43. The summed E-state index contributed by atoms with van der Waals surface area (Å²) < 4.78 is 1.77. The average Bonchev–Trinajstić information content (AvgIpc) is 2.88. The largest absolute Gasteiger partial charge is 0.350 e. The molecule has 4 nitrogen and oxygen atoms in total. The SMILES string of the molecule is CCCC(CCCl)CNC(=O)c1cc(CC)nn1CC. The molecular weight excluding hydrogens is 274 g/mol. The number of nitrogens with zero attached hydrogens (tertiary/aromatic N) is 2.